The maximum Gasteiger partial charge on any atom is 0.0839 e. The van der Waals surface area contributed by atoms with Gasteiger partial charge in [-0.3, -0.25) is 0 Å². The number of fused-ring (bicyclic) bond motifs is 1. The molecule has 2 nitrogen and oxygen atoms in total. The van der Waals surface area contributed by atoms with Crippen LogP contribution in [0.5, 0.6) is 0 Å². The van der Waals surface area contributed by atoms with E-state index in [0.717, 1.165) is 28.2 Å². The van der Waals surface area contributed by atoms with Gasteiger partial charge in [-0.15, -0.1) is 0 Å². The van der Waals surface area contributed by atoms with Crippen LogP contribution in [0.2, 0.25) is 0 Å². The van der Waals surface area contributed by atoms with E-state index in [9.17, 15) is 0 Å². The highest BCUT2D eigenvalue weighted by molar-refractivity contribution is 5.10. The predicted octanol–water partition coefficient (Wildman–Crippen LogP) is 2.37. The number of allylic oxidation sites excluding steroid dienone is 2. The molecule has 0 spiro atoms. The lowest BCUT2D eigenvalue weighted by Gasteiger charge is -2.38. The highest BCUT2D eigenvalue weighted by Gasteiger charge is 2.51. The molecule has 1 saturated heterocycles. The SMILES string of the molecule is C[N+](C)(C)CCC[N+]1(C)CC2C3C=CC(CC3)C2C1. The maximum atomic E-state index is 2.55. The summed E-state index contributed by atoms with van der Waals surface area (Å²) in [4.78, 5) is 0. The maximum absolute atomic E-state index is 2.55. The van der Waals surface area contributed by atoms with E-state index in [1.807, 2.05) is 0 Å². The van der Waals surface area contributed by atoms with Crippen LogP contribution < -0.4 is 0 Å². The van der Waals surface area contributed by atoms with Crippen LogP contribution in [0.3, 0.4) is 0 Å². The van der Waals surface area contributed by atoms with E-state index in [-0.39, 0.29) is 0 Å². The van der Waals surface area contributed by atoms with Crippen molar-refractivity contribution in [2.75, 3.05) is 54.4 Å². The minimum absolute atomic E-state index is 0.924. The monoisotopic (exact) mass is 264 g/mol. The van der Waals surface area contributed by atoms with Crippen LogP contribution in [-0.2, 0) is 0 Å². The van der Waals surface area contributed by atoms with Crippen LogP contribution in [0, 0.1) is 23.7 Å². The van der Waals surface area contributed by atoms with Gasteiger partial charge in [-0.25, -0.2) is 0 Å². The quantitative estimate of drug-likeness (QED) is 0.540. The molecule has 4 rings (SSSR count). The third-order valence-corrected chi connectivity index (χ3v) is 5.92. The van der Waals surface area contributed by atoms with Gasteiger partial charge in [0.1, 0.15) is 0 Å². The molecular formula is C17H32N2+2. The smallest absolute Gasteiger partial charge is 0.0839 e. The summed E-state index contributed by atoms with van der Waals surface area (Å²) in [6, 6.07) is 0. The summed E-state index contributed by atoms with van der Waals surface area (Å²) in [5.74, 6) is 3.87. The molecule has 1 heterocycles. The van der Waals surface area contributed by atoms with E-state index in [1.54, 1.807) is 0 Å². The Morgan fingerprint density at radius 2 is 1.53 bits per heavy atom. The minimum Gasteiger partial charge on any atom is -0.331 e. The lowest BCUT2D eigenvalue weighted by Crippen LogP contribution is -2.45. The number of nitrogens with zero attached hydrogens (tertiary/aromatic N) is 2. The molecule has 0 amide bonds. The molecule has 1 aliphatic heterocycles. The molecule has 4 aliphatic rings. The molecule has 3 aliphatic carbocycles. The van der Waals surface area contributed by atoms with Gasteiger partial charge in [-0.05, 0) is 24.7 Å². The lowest BCUT2D eigenvalue weighted by atomic mass is 9.64. The Morgan fingerprint density at radius 1 is 1.00 bits per heavy atom. The van der Waals surface area contributed by atoms with Gasteiger partial charge in [0, 0.05) is 18.3 Å². The Morgan fingerprint density at radius 3 is 1.95 bits per heavy atom. The van der Waals surface area contributed by atoms with E-state index >= 15 is 0 Å². The molecule has 1 saturated carbocycles. The molecule has 4 atom stereocenters. The first-order valence-electron chi connectivity index (χ1n) is 8.19. The van der Waals surface area contributed by atoms with Crippen molar-refractivity contribution in [3.8, 4) is 0 Å². The summed E-state index contributed by atoms with van der Waals surface area (Å²) in [5.41, 5.74) is 0. The molecule has 0 aromatic heterocycles. The molecule has 0 aromatic rings. The van der Waals surface area contributed by atoms with Crippen molar-refractivity contribution < 1.29 is 8.97 Å². The number of likely N-dealkylation sites (tertiary alicyclic amines) is 1. The first-order chi connectivity index (χ1) is 8.86. The number of hydrogen-bond acceptors (Lipinski definition) is 0. The number of hydrogen-bond donors (Lipinski definition) is 0. The third kappa shape index (κ3) is 2.75. The van der Waals surface area contributed by atoms with E-state index in [4.69, 9.17) is 0 Å². The second kappa shape index (κ2) is 4.60. The van der Waals surface area contributed by atoms with Crippen LogP contribution in [0.1, 0.15) is 19.3 Å². The Balaban J connectivity index is 1.59. The minimum atomic E-state index is 0.924. The zero-order valence-corrected chi connectivity index (χ0v) is 13.3. The molecular weight excluding hydrogens is 232 g/mol. The second-order valence-corrected chi connectivity index (χ2v) is 8.69. The second-order valence-electron chi connectivity index (χ2n) is 8.69. The predicted molar refractivity (Wildman–Crippen MR) is 80.6 cm³/mol. The average molecular weight is 264 g/mol. The fourth-order valence-corrected chi connectivity index (χ4v) is 4.95. The molecule has 0 N–H and O–H groups in total. The molecule has 2 bridgehead atoms. The topological polar surface area (TPSA) is 0 Å². The summed E-state index contributed by atoms with van der Waals surface area (Å²) < 4.78 is 2.46. The van der Waals surface area contributed by atoms with Crippen molar-refractivity contribution in [3.05, 3.63) is 12.2 Å². The summed E-state index contributed by atoms with van der Waals surface area (Å²) in [6.07, 6.45) is 9.43. The van der Waals surface area contributed by atoms with E-state index in [1.165, 1.54) is 49.9 Å². The van der Waals surface area contributed by atoms with Crippen molar-refractivity contribution in [3.63, 3.8) is 0 Å². The van der Waals surface area contributed by atoms with Gasteiger partial charge in [0.2, 0.25) is 0 Å². The fraction of sp³-hybridized carbons (Fsp3) is 0.882. The van der Waals surface area contributed by atoms with Gasteiger partial charge >= 0.3 is 0 Å². The van der Waals surface area contributed by atoms with Gasteiger partial charge in [0.05, 0.1) is 54.4 Å². The van der Waals surface area contributed by atoms with Crippen LogP contribution in [0.25, 0.3) is 0 Å². The molecule has 0 aromatic carbocycles. The standard InChI is InChI=1S/C17H32N2/c1-18(2,3)10-5-11-19(4)12-16-14-6-7-15(9-8-14)17(16)13-19/h6-7,14-17H,5,8-13H2,1-4H3/q+2. The summed E-state index contributed by atoms with van der Waals surface area (Å²) in [7, 11) is 9.46. The average Bonchev–Trinajstić information content (AvgIpc) is 2.68. The van der Waals surface area contributed by atoms with Gasteiger partial charge in [0.15, 0.2) is 0 Å². The molecule has 2 fully saturated rings. The molecule has 108 valence electrons. The van der Waals surface area contributed by atoms with Gasteiger partial charge in [-0.2, -0.15) is 0 Å². The normalized spacial score (nSPS) is 44.6. The van der Waals surface area contributed by atoms with Crippen molar-refractivity contribution in [1.82, 2.24) is 0 Å². The van der Waals surface area contributed by atoms with Gasteiger partial charge in [-0.1, -0.05) is 12.2 Å². The van der Waals surface area contributed by atoms with Crippen LogP contribution >= 0.6 is 0 Å². The largest absolute Gasteiger partial charge is 0.331 e. The molecule has 2 heteroatoms. The fourth-order valence-electron chi connectivity index (χ4n) is 4.95. The Bertz CT molecular complexity index is 344. The first kappa shape index (κ1) is 13.6. The van der Waals surface area contributed by atoms with Crippen molar-refractivity contribution in [2.45, 2.75) is 19.3 Å². The zero-order valence-electron chi connectivity index (χ0n) is 13.3. The summed E-state index contributed by atoms with van der Waals surface area (Å²) in [6.45, 7) is 5.61. The first-order valence-corrected chi connectivity index (χ1v) is 8.19. The lowest BCUT2D eigenvalue weighted by molar-refractivity contribution is -0.909. The summed E-state index contributed by atoms with van der Waals surface area (Å²) >= 11 is 0. The Labute approximate surface area is 119 Å². The third-order valence-electron chi connectivity index (χ3n) is 5.92. The van der Waals surface area contributed by atoms with Crippen LogP contribution in [0.4, 0.5) is 0 Å². The highest BCUT2D eigenvalue weighted by atomic mass is 15.4. The van der Waals surface area contributed by atoms with Gasteiger partial charge < -0.3 is 8.97 Å². The van der Waals surface area contributed by atoms with Crippen molar-refractivity contribution in [1.29, 1.82) is 0 Å². The Hall–Kier alpha value is -0.340. The van der Waals surface area contributed by atoms with E-state index < -0.39 is 0 Å². The number of quaternary nitrogens is 2. The Kier molecular flexibility index (Phi) is 3.30. The zero-order chi connectivity index (χ0) is 13.7. The van der Waals surface area contributed by atoms with Crippen molar-refractivity contribution in [2.24, 2.45) is 23.7 Å². The van der Waals surface area contributed by atoms with Crippen molar-refractivity contribution >= 4 is 0 Å². The molecule has 4 unspecified atom stereocenters. The van der Waals surface area contributed by atoms with Gasteiger partial charge in [0.25, 0.3) is 0 Å². The van der Waals surface area contributed by atoms with Crippen LogP contribution in [-0.4, -0.2) is 63.3 Å². The van der Waals surface area contributed by atoms with Crippen LogP contribution in [0.15, 0.2) is 12.2 Å². The van der Waals surface area contributed by atoms with E-state index in [2.05, 4.69) is 40.3 Å². The highest BCUT2D eigenvalue weighted by Crippen LogP contribution is 2.49. The summed E-state index contributed by atoms with van der Waals surface area (Å²) in [5, 5.41) is 0. The number of rotatable bonds is 4. The molecule has 19 heavy (non-hydrogen) atoms. The van der Waals surface area contributed by atoms with E-state index in [0.29, 0.717) is 0 Å². The molecule has 0 radical (unpaired) electrons.